The molecule has 1 aromatic rings. The molecule has 4 nitrogen and oxygen atoms in total. The highest BCUT2D eigenvalue weighted by molar-refractivity contribution is 7.89. The molecule has 0 unspecified atom stereocenters. The van der Waals surface area contributed by atoms with E-state index in [0.717, 1.165) is 29.7 Å². The lowest BCUT2D eigenvalue weighted by molar-refractivity contribution is 0.270. The van der Waals surface area contributed by atoms with E-state index in [-0.39, 0.29) is 6.04 Å². The van der Waals surface area contributed by atoms with E-state index in [1.165, 1.54) is 0 Å². The Morgan fingerprint density at radius 3 is 2.11 bits per heavy atom. The third-order valence-corrected chi connectivity index (χ3v) is 5.54. The Labute approximate surface area is 115 Å². The normalized spacial score (nSPS) is 22.9. The van der Waals surface area contributed by atoms with Crippen LogP contribution < -0.4 is 10.0 Å². The molecular formula is C14H22N2O2S. The molecule has 2 rings (SSSR count). The van der Waals surface area contributed by atoms with Crippen LogP contribution in [0.15, 0.2) is 17.0 Å². The number of nitrogens with one attached hydrogen (secondary N) is 2. The molecule has 0 amide bonds. The van der Waals surface area contributed by atoms with E-state index in [1.54, 1.807) is 0 Å². The van der Waals surface area contributed by atoms with Crippen molar-refractivity contribution in [2.75, 3.05) is 12.4 Å². The Hall–Kier alpha value is -1.07. The van der Waals surface area contributed by atoms with Crippen LogP contribution >= 0.6 is 0 Å². The van der Waals surface area contributed by atoms with Gasteiger partial charge in [-0.25, -0.2) is 13.1 Å². The first kappa shape index (κ1) is 14.3. The summed E-state index contributed by atoms with van der Waals surface area (Å²) in [5.74, 6) is 0.626. The Morgan fingerprint density at radius 2 is 1.68 bits per heavy atom. The number of anilines is 1. The second-order valence-corrected chi connectivity index (χ2v) is 7.23. The van der Waals surface area contributed by atoms with Gasteiger partial charge in [-0.2, -0.15) is 0 Å². The molecule has 1 aliphatic carbocycles. The molecular weight excluding hydrogens is 260 g/mol. The van der Waals surface area contributed by atoms with E-state index in [1.807, 2.05) is 33.0 Å². The number of hydrogen-bond acceptors (Lipinski definition) is 3. The Morgan fingerprint density at radius 1 is 1.16 bits per heavy atom. The summed E-state index contributed by atoms with van der Waals surface area (Å²) in [6, 6.07) is 3.83. The largest absolute Gasteiger partial charge is 0.388 e. The van der Waals surface area contributed by atoms with Gasteiger partial charge in [-0.3, -0.25) is 0 Å². The van der Waals surface area contributed by atoms with Crippen molar-refractivity contribution in [3.63, 3.8) is 0 Å². The molecule has 0 heterocycles. The fourth-order valence-corrected chi connectivity index (χ4v) is 4.51. The lowest BCUT2D eigenvalue weighted by atomic mass is 9.83. The monoisotopic (exact) mass is 282 g/mol. The third-order valence-electron chi connectivity index (χ3n) is 3.71. The van der Waals surface area contributed by atoms with Gasteiger partial charge in [-0.1, -0.05) is 6.92 Å². The first-order valence-corrected chi connectivity index (χ1v) is 8.13. The smallest absolute Gasteiger partial charge is 0.241 e. The van der Waals surface area contributed by atoms with Gasteiger partial charge in [-0.05, 0) is 55.9 Å². The summed E-state index contributed by atoms with van der Waals surface area (Å²) in [5.41, 5.74) is 2.50. The molecule has 106 valence electrons. The lowest BCUT2D eigenvalue weighted by Crippen LogP contribution is -2.43. The summed E-state index contributed by atoms with van der Waals surface area (Å²) in [6.45, 7) is 5.82. The van der Waals surface area contributed by atoms with Gasteiger partial charge >= 0.3 is 0 Å². The van der Waals surface area contributed by atoms with E-state index < -0.39 is 10.0 Å². The van der Waals surface area contributed by atoms with Gasteiger partial charge in [-0.15, -0.1) is 0 Å². The molecule has 2 N–H and O–H groups in total. The van der Waals surface area contributed by atoms with Gasteiger partial charge in [0.1, 0.15) is 0 Å². The molecule has 0 radical (unpaired) electrons. The SMILES string of the molecule is CNc1cc(C)c(S(=O)(=O)NC2CC(C)C2)c(C)c1. The minimum atomic E-state index is -3.41. The van der Waals surface area contributed by atoms with Crippen LogP contribution in [0.4, 0.5) is 5.69 Å². The number of rotatable bonds is 4. The summed E-state index contributed by atoms with van der Waals surface area (Å²) >= 11 is 0. The summed E-state index contributed by atoms with van der Waals surface area (Å²) in [5, 5.41) is 3.04. The molecule has 0 aliphatic heterocycles. The van der Waals surface area contributed by atoms with Gasteiger partial charge in [0, 0.05) is 18.8 Å². The fourth-order valence-electron chi connectivity index (χ4n) is 2.80. The zero-order valence-electron chi connectivity index (χ0n) is 11.9. The Balaban J connectivity index is 2.30. The van der Waals surface area contributed by atoms with Crippen molar-refractivity contribution in [1.29, 1.82) is 0 Å². The summed E-state index contributed by atoms with van der Waals surface area (Å²) < 4.78 is 27.7. The zero-order chi connectivity index (χ0) is 14.2. The Bertz CT molecular complexity index is 552. The molecule has 19 heavy (non-hydrogen) atoms. The van der Waals surface area contributed by atoms with Crippen LogP contribution in [0.1, 0.15) is 30.9 Å². The molecule has 1 aromatic carbocycles. The van der Waals surface area contributed by atoms with E-state index in [9.17, 15) is 8.42 Å². The van der Waals surface area contributed by atoms with Gasteiger partial charge in [0.2, 0.25) is 10.0 Å². The van der Waals surface area contributed by atoms with Crippen LogP contribution in [0, 0.1) is 19.8 Å². The molecule has 0 saturated heterocycles. The highest BCUT2D eigenvalue weighted by Crippen LogP contribution is 2.30. The summed E-state index contributed by atoms with van der Waals surface area (Å²) in [7, 11) is -1.58. The highest BCUT2D eigenvalue weighted by Gasteiger charge is 2.31. The highest BCUT2D eigenvalue weighted by atomic mass is 32.2. The van der Waals surface area contributed by atoms with Gasteiger partial charge in [0.15, 0.2) is 0 Å². The molecule has 0 bridgehead atoms. The zero-order valence-corrected chi connectivity index (χ0v) is 12.8. The molecule has 0 aromatic heterocycles. The van der Waals surface area contributed by atoms with Crippen LogP contribution in [0.3, 0.4) is 0 Å². The van der Waals surface area contributed by atoms with Crippen molar-refractivity contribution in [3.05, 3.63) is 23.3 Å². The predicted octanol–water partition coefficient (Wildman–Crippen LogP) is 2.42. The molecule has 0 spiro atoms. The van der Waals surface area contributed by atoms with Crippen molar-refractivity contribution in [1.82, 2.24) is 4.72 Å². The third kappa shape index (κ3) is 2.92. The topological polar surface area (TPSA) is 58.2 Å². The summed E-state index contributed by atoms with van der Waals surface area (Å²) in [4.78, 5) is 0.422. The maximum absolute atomic E-state index is 12.5. The van der Waals surface area contributed by atoms with Gasteiger partial charge in [0.05, 0.1) is 4.90 Å². The maximum atomic E-state index is 12.5. The molecule has 1 saturated carbocycles. The second kappa shape index (κ2) is 5.13. The van der Waals surface area contributed by atoms with Crippen molar-refractivity contribution in [3.8, 4) is 0 Å². The molecule has 0 atom stereocenters. The first-order chi connectivity index (χ1) is 8.83. The van der Waals surface area contributed by atoms with E-state index >= 15 is 0 Å². The van der Waals surface area contributed by atoms with Crippen molar-refractivity contribution in [2.45, 2.75) is 44.6 Å². The second-order valence-electron chi connectivity index (χ2n) is 5.58. The standard InChI is InChI=1S/C14H22N2O2S/c1-9-5-13(6-9)16-19(17,18)14-10(2)7-12(15-4)8-11(14)3/h7-9,13,15-16H,5-6H2,1-4H3. The molecule has 1 fully saturated rings. The minimum absolute atomic E-state index is 0.0998. The Kier molecular flexibility index (Phi) is 3.87. The number of sulfonamides is 1. The van der Waals surface area contributed by atoms with Crippen LogP contribution in [0.5, 0.6) is 0 Å². The lowest BCUT2D eigenvalue weighted by Gasteiger charge is -2.33. The van der Waals surface area contributed by atoms with E-state index in [4.69, 9.17) is 0 Å². The first-order valence-electron chi connectivity index (χ1n) is 6.65. The predicted molar refractivity (Wildman–Crippen MR) is 78.0 cm³/mol. The van der Waals surface area contributed by atoms with Crippen molar-refractivity contribution >= 4 is 15.7 Å². The molecule has 5 heteroatoms. The van der Waals surface area contributed by atoms with Crippen LogP contribution in [-0.2, 0) is 10.0 Å². The average Bonchev–Trinajstić information content (AvgIpc) is 2.25. The van der Waals surface area contributed by atoms with E-state index in [2.05, 4.69) is 17.0 Å². The van der Waals surface area contributed by atoms with Crippen LogP contribution in [0.2, 0.25) is 0 Å². The fraction of sp³-hybridized carbons (Fsp3) is 0.571. The number of aryl methyl sites for hydroxylation is 2. The van der Waals surface area contributed by atoms with Gasteiger partial charge < -0.3 is 5.32 Å². The van der Waals surface area contributed by atoms with E-state index in [0.29, 0.717) is 10.8 Å². The molecule has 1 aliphatic rings. The number of hydrogen-bond donors (Lipinski definition) is 2. The number of benzene rings is 1. The van der Waals surface area contributed by atoms with Crippen LogP contribution in [-0.4, -0.2) is 21.5 Å². The van der Waals surface area contributed by atoms with Crippen LogP contribution in [0.25, 0.3) is 0 Å². The minimum Gasteiger partial charge on any atom is -0.388 e. The van der Waals surface area contributed by atoms with Gasteiger partial charge in [0.25, 0.3) is 0 Å². The summed E-state index contributed by atoms with van der Waals surface area (Å²) in [6.07, 6.45) is 1.87. The van der Waals surface area contributed by atoms with Crippen molar-refractivity contribution in [2.24, 2.45) is 5.92 Å². The van der Waals surface area contributed by atoms with Crippen molar-refractivity contribution < 1.29 is 8.42 Å². The maximum Gasteiger partial charge on any atom is 0.241 e. The quantitative estimate of drug-likeness (QED) is 0.891. The average molecular weight is 282 g/mol.